The van der Waals surface area contributed by atoms with Crippen LogP contribution in [0.1, 0.15) is 12.5 Å². The van der Waals surface area contributed by atoms with Crippen molar-refractivity contribution in [3.63, 3.8) is 0 Å². The Morgan fingerprint density at radius 2 is 1.07 bits per heavy atom. The Morgan fingerprint density at radius 3 is 1.43 bits per heavy atom. The van der Waals surface area contributed by atoms with Crippen LogP contribution in [0, 0.1) is 29.1 Å². The van der Waals surface area contributed by atoms with Crippen molar-refractivity contribution < 1.29 is 22.0 Å². The molecule has 0 fully saturated rings. The summed E-state index contributed by atoms with van der Waals surface area (Å²) in [6.45, 7) is 1.40. The zero-order valence-electron chi connectivity index (χ0n) is 7.04. The van der Waals surface area contributed by atoms with Gasteiger partial charge in [0.1, 0.15) is 0 Å². The number of hydrogen-bond acceptors (Lipinski definition) is 0. The van der Waals surface area contributed by atoms with Gasteiger partial charge in [0.15, 0.2) is 23.3 Å². The first-order valence-corrected chi connectivity index (χ1v) is 3.64. The molecule has 14 heavy (non-hydrogen) atoms. The van der Waals surface area contributed by atoms with Crippen molar-refractivity contribution in [1.29, 1.82) is 0 Å². The third-order valence-electron chi connectivity index (χ3n) is 1.58. The van der Waals surface area contributed by atoms with Gasteiger partial charge >= 0.3 is 0 Å². The Labute approximate surface area is 76.7 Å². The maximum atomic E-state index is 12.8. The fourth-order valence-electron chi connectivity index (χ4n) is 0.935. The molecule has 1 aromatic carbocycles. The highest BCUT2D eigenvalue weighted by molar-refractivity contribution is 5.51. The summed E-state index contributed by atoms with van der Waals surface area (Å²) in [5.41, 5.74) is -0.927. The molecule has 0 atom stereocenters. The molecule has 0 saturated carbocycles. The van der Waals surface area contributed by atoms with Crippen molar-refractivity contribution in [2.24, 2.45) is 0 Å². The molecule has 0 aromatic heterocycles. The molecule has 0 saturated heterocycles. The van der Waals surface area contributed by atoms with E-state index < -0.39 is 34.6 Å². The van der Waals surface area contributed by atoms with E-state index in [9.17, 15) is 22.0 Å². The van der Waals surface area contributed by atoms with E-state index >= 15 is 0 Å². The quantitative estimate of drug-likeness (QED) is 0.377. The molecule has 0 aliphatic carbocycles. The lowest BCUT2D eigenvalue weighted by Crippen LogP contribution is -2.03. The van der Waals surface area contributed by atoms with Gasteiger partial charge in [-0.25, -0.2) is 22.0 Å². The van der Waals surface area contributed by atoms with Crippen molar-refractivity contribution in [1.82, 2.24) is 0 Å². The van der Waals surface area contributed by atoms with Gasteiger partial charge in [-0.3, -0.25) is 0 Å². The number of benzene rings is 1. The zero-order chi connectivity index (χ0) is 10.9. The Morgan fingerprint density at radius 1 is 0.714 bits per heavy atom. The van der Waals surface area contributed by atoms with Gasteiger partial charge in [-0.2, -0.15) is 0 Å². The standard InChI is InChI=1S/C9H5F5/c1-2-3-4-5(10)7(12)9(14)8(13)6(4)11/h2-3H,1H3/b3-2+. The first-order valence-electron chi connectivity index (χ1n) is 3.64. The number of hydrogen-bond donors (Lipinski definition) is 0. The highest BCUT2D eigenvalue weighted by atomic mass is 19.2. The van der Waals surface area contributed by atoms with Crippen LogP contribution in [0.2, 0.25) is 0 Å². The van der Waals surface area contributed by atoms with Crippen LogP contribution in [0.25, 0.3) is 6.08 Å². The highest BCUT2D eigenvalue weighted by Gasteiger charge is 2.23. The number of halogens is 5. The lowest BCUT2D eigenvalue weighted by atomic mass is 10.1. The second-order valence-electron chi connectivity index (χ2n) is 2.48. The van der Waals surface area contributed by atoms with Crippen LogP contribution in [-0.4, -0.2) is 0 Å². The molecular formula is C9H5F5. The molecule has 0 unspecified atom stereocenters. The topological polar surface area (TPSA) is 0 Å². The van der Waals surface area contributed by atoms with Crippen molar-refractivity contribution in [3.8, 4) is 0 Å². The minimum Gasteiger partial charge on any atom is -0.203 e. The van der Waals surface area contributed by atoms with Crippen molar-refractivity contribution in [3.05, 3.63) is 40.7 Å². The molecule has 0 nitrogen and oxygen atoms in total. The van der Waals surface area contributed by atoms with E-state index in [4.69, 9.17) is 0 Å². The van der Waals surface area contributed by atoms with Crippen molar-refractivity contribution >= 4 is 6.08 Å². The third kappa shape index (κ3) is 1.49. The normalized spacial score (nSPS) is 11.3. The van der Waals surface area contributed by atoms with Crippen molar-refractivity contribution in [2.75, 3.05) is 0 Å². The van der Waals surface area contributed by atoms with E-state index in [0.29, 0.717) is 0 Å². The minimum atomic E-state index is -2.15. The summed E-state index contributed by atoms with van der Waals surface area (Å²) in [6.07, 6.45) is 1.99. The average molecular weight is 208 g/mol. The SMILES string of the molecule is C/C=C/c1c(F)c(F)c(F)c(F)c1F. The molecule has 0 bridgehead atoms. The smallest absolute Gasteiger partial charge is 0.200 e. The van der Waals surface area contributed by atoms with E-state index in [0.717, 1.165) is 6.08 Å². The predicted octanol–water partition coefficient (Wildman–Crippen LogP) is 3.42. The summed E-state index contributed by atoms with van der Waals surface area (Å²) in [5, 5.41) is 0. The van der Waals surface area contributed by atoms with Gasteiger partial charge in [-0.05, 0) is 6.92 Å². The Kier molecular flexibility index (Phi) is 2.88. The van der Waals surface area contributed by atoms with Crippen LogP contribution in [0.15, 0.2) is 6.08 Å². The van der Waals surface area contributed by atoms with Crippen LogP contribution >= 0.6 is 0 Å². The summed E-state index contributed by atoms with van der Waals surface area (Å²) in [4.78, 5) is 0. The van der Waals surface area contributed by atoms with Gasteiger partial charge < -0.3 is 0 Å². The zero-order valence-corrected chi connectivity index (χ0v) is 7.04. The fraction of sp³-hybridized carbons (Fsp3) is 0.111. The summed E-state index contributed by atoms with van der Waals surface area (Å²) < 4.78 is 63.2. The average Bonchev–Trinajstić information content (AvgIpc) is 2.19. The van der Waals surface area contributed by atoms with Gasteiger partial charge in [0.2, 0.25) is 5.82 Å². The van der Waals surface area contributed by atoms with Crippen molar-refractivity contribution in [2.45, 2.75) is 6.92 Å². The second-order valence-corrected chi connectivity index (χ2v) is 2.48. The third-order valence-corrected chi connectivity index (χ3v) is 1.58. The number of allylic oxidation sites excluding steroid dienone is 1. The summed E-state index contributed by atoms with van der Waals surface area (Å²) >= 11 is 0. The summed E-state index contributed by atoms with van der Waals surface area (Å²) in [7, 11) is 0. The maximum absolute atomic E-state index is 12.8. The summed E-state index contributed by atoms with van der Waals surface area (Å²) in [6, 6.07) is 0. The van der Waals surface area contributed by atoms with Gasteiger partial charge in [0, 0.05) is 0 Å². The van der Waals surface area contributed by atoms with Crippen LogP contribution in [-0.2, 0) is 0 Å². The second kappa shape index (κ2) is 3.77. The van der Waals surface area contributed by atoms with Gasteiger partial charge in [-0.1, -0.05) is 12.2 Å². The fourth-order valence-corrected chi connectivity index (χ4v) is 0.935. The molecule has 0 heterocycles. The molecular weight excluding hydrogens is 203 g/mol. The molecule has 1 aromatic rings. The van der Waals surface area contributed by atoms with Gasteiger partial charge in [0.25, 0.3) is 0 Å². The first-order chi connectivity index (χ1) is 6.50. The molecule has 76 valence electrons. The lowest BCUT2D eigenvalue weighted by Gasteiger charge is -2.03. The van der Waals surface area contributed by atoms with Gasteiger partial charge in [-0.15, -0.1) is 0 Å². The molecule has 0 radical (unpaired) electrons. The Hall–Kier alpha value is -1.39. The van der Waals surface area contributed by atoms with E-state index in [1.165, 1.54) is 13.0 Å². The molecule has 1 rings (SSSR count). The molecule has 0 N–H and O–H groups in total. The molecule has 0 spiro atoms. The highest BCUT2D eigenvalue weighted by Crippen LogP contribution is 2.23. The monoisotopic (exact) mass is 208 g/mol. The van der Waals surface area contributed by atoms with E-state index in [1.54, 1.807) is 0 Å². The maximum Gasteiger partial charge on any atom is 0.200 e. The Balaban J connectivity index is 3.59. The lowest BCUT2D eigenvalue weighted by molar-refractivity contribution is 0.377. The first kappa shape index (κ1) is 10.7. The molecule has 5 heteroatoms. The molecule has 0 amide bonds. The predicted molar refractivity (Wildman–Crippen MR) is 40.9 cm³/mol. The Bertz CT molecular complexity index is 366. The largest absolute Gasteiger partial charge is 0.203 e. The van der Waals surface area contributed by atoms with Crippen LogP contribution in [0.4, 0.5) is 22.0 Å². The molecule has 0 aliphatic heterocycles. The van der Waals surface area contributed by atoms with Crippen LogP contribution in [0.3, 0.4) is 0 Å². The number of rotatable bonds is 1. The van der Waals surface area contributed by atoms with Crippen LogP contribution in [0.5, 0.6) is 0 Å². The van der Waals surface area contributed by atoms with Gasteiger partial charge in [0.05, 0.1) is 5.56 Å². The molecule has 0 aliphatic rings. The minimum absolute atomic E-state index is 0.816. The summed E-state index contributed by atoms with van der Waals surface area (Å²) in [5.74, 6) is -9.65. The van der Waals surface area contributed by atoms with E-state index in [-0.39, 0.29) is 0 Å². The van der Waals surface area contributed by atoms with E-state index in [1.807, 2.05) is 0 Å². The van der Waals surface area contributed by atoms with Crippen LogP contribution < -0.4 is 0 Å². The van der Waals surface area contributed by atoms with E-state index in [2.05, 4.69) is 0 Å².